The van der Waals surface area contributed by atoms with Crippen LogP contribution < -0.4 is 0 Å². The summed E-state index contributed by atoms with van der Waals surface area (Å²) in [6, 6.07) is 21.7. The first-order valence-corrected chi connectivity index (χ1v) is 8.42. The van der Waals surface area contributed by atoms with Crippen LogP contribution in [0.2, 0.25) is 0 Å². The Hall–Kier alpha value is -1.67. The van der Waals surface area contributed by atoms with Crippen molar-refractivity contribution in [1.29, 1.82) is 0 Å². The molecule has 0 aliphatic carbocycles. The minimum Gasteiger partial charge on any atom is -0.340 e. The maximum atomic E-state index is 2.46. The van der Waals surface area contributed by atoms with Gasteiger partial charge < -0.3 is 4.57 Å². The minimum atomic E-state index is 1.08. The molecule has 0 spiro atoms. The van der Waals surface area contributed by atoms with Crippen LogP contribution in [0.5, 0.6) is 0 Å². The van der Waals surface area contributed by atoms with Crippen molar-refractivity contribution >= 4 is 22.7 Å². The first-order valence-electron chi connectivity index (χ1n) is 7.03. The molecule has 2 aromatic carbocycles. The smallest absolute Gasteiger partial charge is 0.0491 e. The lowest BCUT2D eigenvalue weighted by Crippen LogP contribution is -2.01. The molecular formula is C18H19NS. The van der Waals surface area contributed by atoms with Crippen LogP contribution in [0.15, 0.2) is 60.7 Å². The van der Waals surface area contributed by atoms with E-state index in [0.29, 0.717) is 0 Å². The maximum absolute atomic E-state index is 2.46. The Balaban J connectivity index is 2.08. The summed E-state index contributed by atoms with van der Waals surface area (Å²) >= 11 is 1.92. The van der Waals surface area contributed by atoms with E-state index in [1.54, 1.807) is 0 Å². The van der Waals surface area contributed by atoms with Crippen molar-refractivity contribution in [2.45, 2.75) is 13.0 Å². The fourth-order valence-corrected chi connectivity index (χ4v) is 3.08. The van der Waals surface area contributed by atoms with Gasteiger partial charge in [-0.1, -0.05) is 48.5 Å². The third-order valence-electron chi connectivity index (χ3n) is 3.61. The van der Waals surface area contributed by atoms with E-state index in [1.165, 1.54) is 34.3 Å². The Morgan fingerprint density at radius 3 is 2.50 bits per heavy atom. The molecule has 0 bridgehead atoms. The lowest BCUT2D eigenvalue weighted by Gasteiger charge is -2.10. The highest BCUT2D eigenvalue weighted by Crippen LogP contribution is 2.28. The normalized spacial score (nSPS) is 11.1. The molecule has 0 amide bonds. The van der Waals surface area contributed by atoms with Crippen LogP contribution in [-0.4, -0.2) is 16.6 Å². The Morgan fingerprint density at radius 1 is 0.950 bits per heavy atom. The van der Waals surface area contributed by atoms with Crippen molar-refractivity contribution in [3.05, 3.63) is 60.7 Å². The number of rotatable bonds is 5. The summed E-state index contributed by atoms with van der Waals surface area (Å²) in [6.07, 6.45) is 3.38. The van der Waals surface area contributed by atoms with E-state index in [-0.39, 0.29) is 0 Å². The summed E-state index contributed by atoms with van der Waals surface area (Å²) in [6.45, 7) is 1.08. The highest BCUT2D eigenvalue weighted by atomic mass is 32.2. The molecule has 1 aromatic heterocycles. The predicted molar refractivity (Wildman–Crippen MR) is 90.4 cm³/mol. The molecule has 1 heterocycles. The molecule has 0 aliphatic rings. The molecule has 0 fully saturated rings. The van der Waals surface area contributed by atoms with Crippen LogP contribution in [0.4, 0.5) is 0 Å². The van der Waals surface area contributed by atoms with E-state index in [9.17, 15) is 0 Å². The second-order valence-electron chi connectivity index (χ2n) is 4.95. The Kier molecular flexibility index (Phi) is 4.12. The molecule has 0 N–H and O–H groups in total. The van der Waals surface area contributed by atoms with E-state index in [0.717, 1.165) is 6.54 Å². The van der Waals surface area contributed by atoms with E-state index in [2.05, 4.69) is 71.5 Å². The zero-order valence-corrected chi connectivity index (χ0v) is 12.6. The predicted octanol–water partition coefficient (Wildman–Crippen LogP) is 5.06. The summed E-state index contributed by atoms with van der Waals surface area (Å²) in [4.78, 5) is 0. The van der Waals surface area contributed by atoms with Gasteiger partial charge in [-0.25, -0.2) is 0 Å². The third-order valence-corrected chi connectivity index (χ3v) is 4.31. The topological polar surface area (TPSA) is 4.93 Å². The highest BCUT2D eigenvalue weighted by Gasteiger charge is 2.09. The molecule has 102 valence electrons. The van der Waals surface area contributed by atoms with Gasteiger partial charge in [0.25, 0.3) is 0 Å². The van der Waals surface area contributed by atoms with Gasteiger partial charge in [-0.15, -0.1) is 0 Å². The monoisotopic (exact) mass is 281 g/mol. The quantitative estimate of drug-likeness (QED) is 0.592. The van der Waals surface area contributed by atoms with Gasteiger partial charge in [0.1, 0.15) is 0 Å². The van der Waals surface area contributed by atoms with Gasteiger partial charge in [0.15, 0.2) is 0 Å². The zero-order chi connectivity index (χ0) is 13.8. The number of aryl methyl sites for hydroxylation is 1. The van der Waals surface area contributed by atoms with Gasteiger partial charge in [0, 0.05) is 23.1 Å². The average molecular weight is 281 g/mol. The van der Waals surface area contributed by atoms with Crippen LogP contribution in [0.25, 0.3) is 22.2 Å². The lowest BCUT2D eigenvalue weighted by atomic mass is 10.1. The number of para-hydroxylation sites is 1. The van der Waals surface area contributed by atoms with Crippen molar-refractivity contribution in [2.75, 3.05) is 12.0 Å². The van der Waals surface area contributed by atoms with Gasteiger partial charge in [-0.05, 0) is 36.1 Å². The Labute approximate surface area is 124 Å². The molecule has 3 aromatic rings. The van der Waals surface area contributed by atoms with Gasteiger partial charge in [0.2, 0.25) is 0 Å². The molecular weight excluding hydrogens is 262 g/mol. The molecule has 0 saturated heterocycles. The fourth-order valence-electron chi connectivity index (χ4n) is 2.67. The summed E-state index contributed by atoms with van der Waals surface area (Å²) in [5.74, 6) is 1.21. The molecule has 3 rings (SSSR count). The second-order valence-corrected chi connectivity index (χ2v) is 5.94. The molecule has 0 unspecified atom stereocenters. The second kappa shape index (κ2) is 6.19. The number of hydrogen-bond acceptors (Lipinski definition) is 1. The minimum absolute atomic E-state index is 1.08. The van der Waals surface area contributed by atoms with Crippen molar-refractivity contribution in [2.24, 2.45) is 0 Å². The SMILES string of the molecule is CSCCCn1c(-c2ccccc2)cc2ccccc21. The number of nitrogens with zero attached hydrogens (tertiary/aromatic N) is 1. The third kappa shape index (κ3) is 2.61. The molecule has 0 radical (unpaired) electrons. The maximum Gasteiger partial charge on any atom is 0.0491 e. The van der Waals surface area contributed by atoms with Gasteiger partial charge in [0.05, 0.1) is 0 Å². The summed E-state index contributed by atoms with van der Waals surface area (Å²) < 4.78 is 2.46. The number of fused-ring (bicyclic) bond motifs is 1. The summed E-state index contributed by atoms with van der Waals surface area (Å²) in [5, 5.41) is 1.33. The summed E-state index contributed by atoms with van der Waals surface area (Å²) in [7, 11) is 0. The number of hydrogen-bond donors (Lipinski definition) is 0. The van der Waals surface area contributed by atoms with E-state index in [1.807, 2.05) is 11.8 Å². The molecule has 0 aliphatic heterocycles. The van der Waals surface area contributed by atoms with Crippen LogP contribution in [-0.2, 0) is 6.54 Å². The fraction of sp³-hybridized carbons (Fsp3) is 0.222. The first kappa shape index (κ1) is 13.3. The van der Waals surface area contributed by atoms with Crippen LogP contribution in [0.1, 0.15) is 6.42 Å². The molecule has 2 heteroatoms. The van der Waals surface area contributed by atoms with Crippen LogP contribution in [0, 0.1) is 0 Å². The molecule has 1 nitrogen and oxygen atoms in total. The van der Waals surface area contributed by atoms with Crippen LogP contribution >= 0.6 is 11.8 Å². The largest absolute Gasteiger partial charge is 0.340 e. The van der Waals surface area contributed by atoms with Gasteiger partial charge in [-0.2, -0.15) is 11.8 Å². The van der Waals surface area contributed by atoms with Gasteiger partial charge in [-0.3, -0.25) is 0 Å². The Bertz CT molecular complexity index is 685. The number of aromatic nitrogens is 1. The molecule has 0 atom stereocenters. The standard InChI is InChI=1S/C18H19NS/c1-20-13-7-12-19-17-11-6-5-10-16(17)14-18(19)15-8-3-2-4-9-15/h2-6,8-11,14H,7,12-13H2,1H3. The van der Waals surface area contributed by atoms with Crippen molar-refractivity contribution < 1.29 is 0 Å². The van der Waals surface area contributed by atoms with E-state index < -0.39 is 0 Å². The van der Waals surface area contributed by atoms with Gasteiger partial charge >= 0.3 is 0 Å². The van der Waals surface area contributed by atoms with Crippen LogP contribution in [0.3, 0.4) is 0 Å². The molecule has 20 heavy (non-hydrogen) atoms. The van der Waals surface area contributed by atoms with Crippen molar-refractivity contribution in [3.63, 3.8) is 0 Å². The van der Waals surface area contributed by atoms with Crippen molar-refractivity contribution in [1.82, 2.24) is 4.57 Å². The van der Waals surface area contributed by atoms with E-state index >= 15 is 0 Å². The zero-order valence-electron chi connectivity index (χ0n) is 11.8. The first-order chi connectivity index (χ1) is 9.90. The summed E-state index contributed by atoms with van der Waals surface area (Å²) in [5.41, 5.74) is 3.97. The van der Waals surface area contributed by atoms with E-state index in [4.69, 9.17) is 0 Å². The average Bonchev–Trinajstić information content (AvgIpc) is 2.87. The highest BCUT2D eigenvalue weighted by molar-refractivity contribution is 7.98. The number of benzene rings is 2. The Morgan fingerprint density at radius 2 is 1.70 bits per heavy atom. The number of thioether (sulfide) groups is 1. The molecule has 0 saturated carbocycles. The van der Waals surface area contributed by atoms with Crippen molar-refractivity contribution in [3.8, 4) is 11.3 Å². The lowest BCUT2D eigenvalue weighted by molar-refractivity contribution is 0.715.